The van der Waals surface area contributed by atoms with Crippen LogP contribution >= 0.6 is 11.6 Å². The van der Waals surface area contributed by atoms with Gasteiger partial charge in [0.15, 0.2) is 5.82 Å². The Morgan fingerprint density at radius 1 is 1.09 bits per heavy atom. The van der Waals surface area contributed by atoms with E-state index in [4.69, 9.17) is 16.7 Å². The van der Waals surface area contributed by atoms with Crippen LogP contribution in [0.4, 0.5) is 21.8 Å². The first-order valence-electron chi connectivity index (χ1n) is 10.0. The lowest BCUT2D eigenvalue weighted by Crippen LogP contribution is -2.17. The summed E-state index contributed by atoms with van der Waals surface area (Å²) in [4.78, 5) is 8.53. The molecule has 0 spiro atoms. The minimum atomic E-state index is -0.677. The quantitative estimate of drug-likeness (QED) is 0.293. The largest absolute Gasteiger partial charge is 0.394 e. The van der Waals surface area contributed by atoms with E-state index in [1.165, 1.54) is 18.3 Å². The third-order valence-corrected chi connectivity index (χ3v) is 5.09. The van der Waals surface area contributed by atoms with E-state index in [1.807, 2.05) is 0 Å². The molecule has 10 nitrogen and oxygen atoms in total. The highest BCUT2D eigenvalue weighted by molar-refractivity contribution is 6.32. The molecule has 0 aliphatic heterocycles. The molecule has 0 aliphatic carbocycles. The number of nitrogens with one attached hydrogen (secondary N) is 2. The first-order valence-corrected chi connectivity index (χ1v) is 10.4. The van der Waals surface area contributed by atoms with Crippen molar-refractivity contribution in [2.45, 2.75) is 12.6 Å². The van der Waals surface area contributed by atoms with Gasteiger partial charge in [-0.15, -0.1) is 0 Å². The van der Waals surface area contributed by atoms with Gasteiger partial charge < -0.3 is 20.8 Å². The van der Waals surface area contributed by atoms with Crippen LogP contribution in [-0.2, 0) is 13.6 Å². The van der Waals surface area contributed by atoms with E-state index in [-0.39, 0.29) is 30.0 Å². The molecule has 0 fully saturated rings. The molecule has 3 aromatic heterocycles. The van der Waals surface area contributed by atoms with Gasteiger partial charge in [0.25, 0.3) is 0 Å². The Morgan fingerprint density at radius 2 is 1.94 bits per heavy atom. The molecule has 0 amide bonds. The van der Waals surface area contributed by atoms with E-state index in [2.05, 4.69) is 30.8 Å². The molecule has 0 saturated carbocycles. The molecule has 1 aromatic carbocycles. The summed E-state index contributed by atoms with van der Waals surface area (Å²) in [5, 5.41) is 33.6. The SMILES string of the molecule is Cn1cc(-c2cc(F)cc([C@@H](CO)Nc3nc(Nc4cnn(CCO)c4)ncc3Cl)c2)cn1. The second-order valence-electron chi connectivity index (χ2n) is 7.29. The first kappa shape index (κ1) is 22.6. The number of benzene rings is 1. The number of aryl methyl sites for hydroxylation is 1. The van der Waals surface area contributed by atoms with Crippen molar-refractivity contribution in [3.8, 4) is 11.1 Å². The Bertz CT molecular complexity index is 1240. The summed E-state index contributed by atoms with van der Waals surface area (Å²) in [5.41, 5.74) is 2.53. The molecule has 172 valence electrons. The van der Waals surface area contributed by atoms with Crippen molar-refractivity contribution in [1.82, 2.24) is 29.5 Å². The molecule has 1 atom stereocenters. The number of nitrogens with zero attached hydrogens (tertiary/aromatic N) is 6. The van der Waals surface area contributed by atoms with Gasteiger partial charge in [0.05, 0.1) is 50.1 Å². The van der Waals surface area contributed by atoms with E-state index < -0.39 is 11.9 Å². The van der Waals surface area contributed by atoms with Gasteiger partial charge in [0, 0.05) is 25.0 Å². The number of hydrogen-bond acceptors (Lipinski definition) is 8. The Kier molecular flexibility index (Phi) is 6.82. The summed E-state index contributed by atoms with van der Waals surface area (Å²) < 4.78 is 17.6. The molecule has 0 aliphatic rings. The molecular weight excluding hydrogens is 451 g/mol. The summed E-state index contributed by atoms with van der Waals surface area (Å²) in [6.45, 7) is 0.00747. The fourth-order valence-electron chi connectivity index (χ4n) is 3.26. The van der Waals surface area contributed by atoms with E-state index in [0.717, 1.165) is 5.56 Å². The van der Waals surface area contributed by atoms with E-state index >= 15 is 0 Å². The second kappa shape index (κ2) is 9.94. The van der Waals surface area contributed by atoms with Crippen LogP contribution in [0.3, 0.4) is 0 Å². The van der Waals surface area contributed by atoms with E-state index in [9.17, 15) is 9.50 Å². The fraction of sp³-hybridized carbons (Fsp3) is 0.238. The van der Waals surface area contributed by atoms with Gasteiger partial charge in [-0.3, -0.25) is 9.36 Å². The molecule has 0 radical (unpaired) electrons. The predicted molar refractivity (Wildman–Crippen MR) is 122 cm³/mol. The molecular formula is C21H22ClFN8O2. The van der Waals surface area contributed by atoms with Crippen LogP contribution in [0, 0.1) is 5.82 Å². The van der Waals surface area contributed by atoms with Crippen molar-refractivity contribution in [3.63, 3.8) is 0 Å². The highest BCUT2D eigenvalue weighted by Gasteiger charge is 2.17. The molecule has 0 bridgehead atoms. The number of rotatable bonds is 9. The number of hydrogen-bond donors (Lipinski definition) is 4. The molecule has 4 aromatic rings. The summed E-state index contributed by atoms with van der Waals surface area (Å²) in [5.74, 6) is 0.0724. The molecule has 33 heavy (non-hydrogen) atoms. The van der Waals surface area contributed by atoms with Crippen molar-refractivity contribution >= 4 is 29.1 Å². The zero-order valence-corrected chi connectivity index (χ0v) is 18.4. The third-order valence-electron chi connectivity index (χ3n) is 4.82. The maximum atomic E-state index is 14.4. The van der Waals surface area contributed by atoms with Gasteiger partial charge in [-0.25, -0.2) is 9.37 Å². The maximum absolute atomic E-state index is 14.4. The molecule has 0 saturated heterocycles. The van der Waals surface area contributed by atoms with Gasteiger partial charge in [-0.1, -0.05) is 11.6 Å². The number of aliphatic hydroxyl groups is 2. The van der Waals surface area contributed by atoms with Crippen LogP contribution in [0.2, 0.25) is 5.02 Å². The Labute approximate surface area is 193 Å². The molecule has 12 heteroatoms. The maximum Gasteiger partial charge on any atom is 0.229 e. The third kappa shape index (κ3) is 5.45. The summed E-state index contributed by atoms with van der Waals surface area (Å²) >= 11 is 6.27. The van der Waals surface area contributed by atoms with Crippen LogP contribution in [-0.4, -0.2) is 53.0 Å². The van der Waals surface area contributed by atoms with Gasteiger partial charge in [0.2, 0.25) is 5.95 Å². The van der Waals surface area contributed by atoms with E-state index in [0.29, 0.717) is 23.4 Å². The summed E-state index contributed by atoms with van der Waals surface area (Å²) in [6.07, 6.45) is 8.11. The van der Waals surface area contributed by atoms with Crippen molar-refractivity contribution in [1.29, 1.82) is 0 Å². The molecule has 4 rings (SSSR count). The zero-order chi connectivity index (χ0) is 23.4. The van der Waals surface area contributed by atoms with Crippen LogP contribution in [0.1, 0.15) is 11.6 Å². The molecule has 0 unspecified atom stereocenters. The summed E-state index contributed by atoms with van der Waals surface area (Å²) in [7, 11) is 1.78. The minimum Gasteiger partial charge on any atom is -0.394 e. The Hall–Kier alpha value is -3.54. The van der Waals surface area contributed by atoms with Crippen LogP contribution in [0.5, 0.6) is 0 Å². The zero-order valence-electron chi connectivity index (χ0n) is 17.7. The minimum absolute atomic E-state index is 0.0300. The van der Waals surface area contributed by atoms with Crippen LogP contribution in [0.15, 0.2) is 49.2 Å². The average Bonchev–Trinajstić information content (AvgIpc) is 3.42. The topological polar surface area (TPSA) is 126 Å². The monoisotopic (exact) mass is 472 g/mol. The van der Waals surface area contributed by atoms with Crippen LogP contribution in [0.25, 0.3) is 11.1 Å². The van der Waals surface area contributed by atoms with Crippen LogP contribution < -0.4 is 10.6 Å². The van der Waals surface area contributed by atoms with Crippen molar-refractivity contribution in [2.75, 3.05) is 23.8 Å². The summed E-state index contributed by atoms with van der Waals surface area (Å²) in [6, 6.07) is 3.85. The lowest BCUT2D eigenvalue weighted by atomic mass is 10.0. The highest BCUT2D eigenvalue weighted by atomic mass is 35.5. The van der Waals surface area contributed by atoms with Crippen molar-refractivity contribution in [2.24, 2.45) is 7.05 Å². The van der Waals surface area contributed by atoms with Gasteiger partial charge in [-0.2, -0.15) is 15.2 Å². The standard InChI is InChI=1S/C21H22ClFN8O2/c1-30-10-15(7-25-30)13-4-14(6-16(23)5-13)19(12-33)28-20-18(22)9-24-21(29-20)27-17-8-26-31(11-17)2-3-32/h4-11,19,32-33H,2-3,12H2,1H3,(H2,24,27,28,29)/t19-/m1/s1. The van der Waals surface area contributed by atoms with Crippen molar-refractivity contribution in [3.05, 3.63) is 65.6 Å². The Balaban J connectivity index is 1.57. The Morgan fingerprint density at radius 3 is 2.67 bits per heavy atom. The smallest absolute Gasteiger partial charge is 0.229 e. The fourth-order valence-corrected chi connectivity index (χ4v) is 3.41. The number of aromatic nitrogens is 6. The molecule has 3 heterocycles. The highest BCUT2D eigenvalue weighted by Crippen LogP contribution is 2.29. The number of anilines is 3. The average molecular weight is 473 g/mol. The predicted octanol–water partition coefficient (Wildman–Crippen LogP) is 2.75. The van der Waals surface area contributed by atoms with Gasteiger partial charge >= 0.3 is 0 Å². The van der Waals surface area contributed by atoms with Crippen molar-refractivity contribution < 1.29 is 14.6 Å². The van der Waals surface area contributed by atoms with Gasteiger partial charge in [0.1, 0.15) is 10.8 Å². The van der Waals surface area contributed by atoms with E-state index in [1.54, 1.807) is 47.3 Å². The lowest BCUT2D eigenvalue weighted by Gasteiger charge is -2.19. The number of aliphatic hydroxyl groups excluding tert-OH is 2. The second-order valence-corrected chi connectivity index (χ2v) is 7.69. The van der Waals surface area contributed by atoms with Gasteiger partial charge in [-0.05, 0) is 29.3 Å². The normalized spacial score (nSPS) is 12.0. The first-order chi connectivity index (χ1) is 15.9. The molecule has 4 N–H and O–H groups in total. The number of halogens is 2. The lowest BCUT2D eigenvalue weighted by molar-refractivity contribution is 0.269.